The van der Waals surface area contributed by atoms with Crippen molar-refractivity contribution in [2.75, 3.05) is 6.54 Å². The van der Waals surface area contributed by atoms with E-state index >= 15 is 0 Å². The Balaban J connectivity index is 0. The third-order valence-electron chi connectivity index (χ3n) is 2.40. The van der Waals surface area contributed by atoms with E-state index in [0.29, 0.717) is 0 Å². The van der Waals surface area contributed by atoms with Gasteiger partial charge < -0.3 is 5.11 Å². The fourth-order valence-electron chi connectivity index (χ4n) is 1.70. The summed E-state index contributed by atoms with van der Waals surface area (Å²) in [4.78, 5) is 4.30. The second-order valence-corrected chi connectivity index (χ2v) is 3.59. The molecule has 0 aromatic heterocycles. The van der Waals surface area contributed by atoms with Gasteiger partial charge in [0.15, 0.2) is 0 Å². The molecule has 0 aliphatic heterocycles. The van der Waals surface area contributed by atoms with Crippen molar-refractivity contribution < 1.29 is 42.8 Å². The maximum atomic E-state index is 10.3. The Kier molecular flexibility index (Phi) is 11.3. The smallest absolute Gasteiger partial charge is 0.102 e. The first kappa shape index (κ1) is 17.3. The van der Waals surface area contributed by atoms with Crippen LogP contribution in [0.5, 0.6) is 0 Å². The molecule has 1 radical (unpaired) electrons. The van der Waals surface area contributed by atoms with E-state index in [-0.39, 0.29) is 37.7 Å². The summed E-state index contributed by atoms with van der Waals surface area (Å²) in [5.74, 6) is 0. The number of rotatable bonds is 6. The van der Waals surface area contributed by atoms with Crippen LogP contribution in [0, 0.1) is 37.7 Å². The Labute approximate surface area is 118 Å². The summed E-state index contributed by atoms with van der Waals surface area (Å²) in [7, 11) is 0. The zero-order valence-corrected chi connectivity index (χ0v) is 11.7. The van der Waals surface area contributed by atoms with Gasteiger partial charge in [-0.2, -0.15) is 0 Å². The Morgan fingerprint density at radius 2 is 1.57 bits per heavy atom. The standard InChI is InChI=1S/C11H23NO.Ho/c1-5-8-11(13,9-6-2)10(4)12-7-3;/h13H,5-9H2,1-4H3;. The molecule has 0 aromatic carbocycles. The fourth-order valence-corrected chi connectivity index (χ4v) is 1.70. The maximum Gasteiger partial charge on any atom is 0.102 e. The van der Waals surface area contributed by atoms with Gasteiger partial charge in [-0.25, -0.2) is 0 Å². The molecule has 0 aliphatic rings. The van der Waals surface area contributed by atoms with Gasteiger partial charge in [-0.15, -0.1) is 0 Å². The van der Waals surface area contributed by atoms with Crippen LogP contribution in [-0.2, 0) is 0 Å². The van der Waals surface area contributed by atoms with Crippen molar-refractivity contribution >= 4 is 5.71 Å². The van der Waals surface area contributed by atoms with Crippen LogP contribution in [0.15, 0.2) is 4.99 Å². The second kappa shape index (κ2) is 9.14. The van der Waals surface area contributed by atoms with E-state index in [9.17, 15) is 5.11 Å². The van der Waals surface area contributed by atoms with E-state index in [0.717, 1.165) is 37.9 Å². The molecule has 0 bridgehead atoms. The minimum atomic E-state index is -0.639. The summed E-state index contributed by atoms with van der Waals surface area (Å²) in [5, 5.41) is 10.3. The van der Waals surface area contributed by atoms with Gasteiger partial charge in [-0.05, 0) is 26.7 Å². The molecule has 0 rings (SSSR count). The first-order chi connectivity index (χ1) is 6.10. The molecule has 14 heavy (non-hydrogen) atoms. The summed E-state index contributed by atoms with van der Waals surface area (Å²) in [5.41, 5.74) is 0.262. The zero-order chi connectivity index (χ0) is 10.3. The number of aliphatic imine (C=N–C) groups is 1. The Morgan fingerprint density at radius 3 is 1.86 bits per heavy atom. The molecule has 1 N–H and O–H groups in total. The predicted octanol–water partition coefficient (Wildman–Crippen LogP) is 2.80. The van der Waals surface area contributed by atoms with E-state index < -0.39 is 5.60 Å². The number of aliphatic hydroxyl groups is 1. The van der Waals surface area contributed by atoms with Gasteiger partial charge in [0.05, 0.1) is 0 Å². The SMILES string of the molecule is CCCC(O)(CCC)C(C)=NCC.[Ho]. The quantitative estimate of drug-likeness (QED) is 0.580. The summed E-state index contributed by atoms with van der Waals surface area (Å²) in [6.45, 7) is 8.90. The minimum Gasteiger partial charge on any atom is -0.384 e. The van der Waals surface area contributed by atoms with Crippen molar-refractivity contribution in [2.45, 2.75) is 59.0 Å². The van der Waals surface area contributed by atoms with Crippen LogP contribution in [-0.4, -0.2) is 23.0 Å². The van der Waals surface area contributed by atoms with Gasteiger partial charge in [0, 0.05) is 50.0 Å². The van der Waals surface area contributed by atoms with Gasteiger partial charge in [0.1, 0.15) is 5.60 Å². The van der Waals surface area contributed by atoms with Gasteiger partial charge >= 0.3 is 0 Å². The van der Waals surface area contributed by atoms with Crippen molar-refractivity contribution in [3.8, 4) is 0 Å². The van der Waals surface area contributed by atoms with Crippen LogP contribution in [0.1, 0.15) is 53.4 Å². The third-order valence-corrected chi connectivity index (χ3v) is 2.40. The minimum absolute atomic E-state index is 0. The molecule has 0 aromatic rings. The van der Waals surface area contributed by atoms with E-state index in [1.165, 1.54) is 0 Å². The number of hydrogen-bond donors (Lipinski definition) is 1. The zero-order valence-electron chi connectivity index (χ0n) is 9.73. The number of nitrogens with zero attached hydrogens (tertiary/aromatic N) is 1. The van der Waals surface area contributed by atoms with Gasteiger partial charge in [-0.3, -0.25) is 4.99 Å². The third kappa shape index (κ3) is 5.69. The van der Waals surface area contributed by atoms with Crippen LogP contribution in [0.25, 0.3) is 0 Å². The summed E-state index contributed by atoms with van der Waals surface area (Å²) < 4.78 is 0. The van der Waals surface area contributed by atoms with Crippen LogP contribution in [0.2, 0.25) is 0 Å². The normalized spacial score (nSPS) is 12.5. The molecule has 0 amide bonds. The average molecular weight is 350 g/mol. The average Bonchev–Trinajstić information content (AvgIpc) is 2.05. The largest absolute Gasteiger partial charge is 0.384 e. The van der Waals surface area contributed by atoms with Crippen molar-refractivity contribution in [3.63, 3.8) is 0 Å². The molecule has 0 fully saturated rings. The van der Waals surface area contributed by atoms with Crippen LogP contribution >= 0.6 is 0 Å². The van der Waals surface area contributed by atoms with Crippen molar-refractivity contribution in [2.24, 2.45) is 4.99 Å². The van der Waals surface area contributed by atoms with E-state index in [2.05, 4.69) is 18.8 Å². The maximum absolute atomic E-state index is 10.3. The predicted molar refractivity (Wildman–Crippen MR) is 58.4 cm³/mol. The molecule has 0 aliphatic carbocycles. The van der Waals surface area contributed by atoms with Gasteiger partial charge in [-0.1, -0.05) is 26.7 Å². The second-order valence-electron chi connectivity index (χ2n) is 3.59. The van der Waals surface area contributed by atoms with Crippen molar-refractivity contribution in [3.05, 3.63) is 0 Å². The molecule has 0 spiro atoms. The monoisotopic (exact) mass is 350 g/mol. The molecule has 0 saturated heterocycles. The van der Waals surface area contributed by atoms with Gasteiger partial charge in [0.25, 0.3) is 0 Å². The first-order valence-corrected chi connectivity index (χ1v) is 5.34. The van der Waals surface area contributed by atoms with Crippen LogP contribution in [0.3, 0.4) is 0 Å². The summed E-state index contributed by atoms with van der Waals surface area (Å²) in [6.07, 6.45) is 3.67. The van der Waals surface area contributed by atoms with E-state index in [1.807, 2.05) is 13.8 Å². The van der Waals surface area contributed by atoms with Crippen LogP contribution < -0.4 is 0 Å². The van der Waals surface area contributed by atoms with E-state index in [1.54, 1.807) is 0 Å². The molecule has 89 valence electrons. The first-order valence-electron chi connectivity index (χ1n) is 5.34. The summed E-state index contributed by atoms with van der Waals surface area (Å²) >= 11 is 0. The van der Waals surface area contributed by atoms with Crippen molar-refractivity contribution in [1.82, 2.24) is 0 Å². The number of hydrogen-bond acceptors (Lipinski definition) is 2. The molecular weight excluding hydrogens is 327 g/mol. The fraction of sp³-hybridized carbons (Fsp3) is 0.909. The van der Waals surface area contributed by atoms with Crippen molar-refractivity contribution in [1.29, 1.82) is 0 Å². The molecule has 3 heteroatoms. The topological polar surface area (TPSA) is 32.6 Å². The molecule has 2 nitrogen and oxygen atoms in total. The van der Waals surface area contributed by atoms with Crippen LogP contribution in [0.4, 0.5) is 0 Å². The Hall–Kier alpha value is 0.890. The molecule has 0 atom stereocenters. The van der Waals surface area contributed by atoms with Gasteiger partial charge in [0.2, 0.25) is 0 Å². The summed E-state index contributed by atoms with van der Waals surface area (Å²) in [6, 6.07) is 0. The molecule has 0 heterocycles. The molecule has 0 unspecified atom stereocenters. The Morgan fingerprint density at radius 1 is 1.14 bits per heavy atom. The van der Waals surface area contributed by atoms with E-state index in [4.69, 9.17) is 0 Å². The molecular formula is C11H23HoNO. The Bertz CT molecular complexity index is 163. The molecule has 0 saturated carbocycles.